The third-order valence-corrected chi connectivity index (χ3v) is 13.1. The molecule has 1 aliphatic carbocycles. The van der Waals surface area contributed by atoms with Gasteiger partial charge in [0.2, 0.25) is 17.6 Å². The number of ketones is 1. The largest absolute Gasteiger partial charge is 0.363 e. The van der Waals surface area contributed by atoms with E-state index in [4.69, 9.17) is 5.73 Å². The van der Waals surface area contributed by atoms with E-state index in [1.807, 2.05) is 55.4 Å². The monoisotopic (exact) mass is 738 g/mol. The molecular weight excluding hydrogens is 681 g/mol. The van der Waals surface area contributed by atoms with Gasteiger partial charge in [-0.2, -0.15) is 4.31 Å². The Morgan fingerprint density at radius 3 is 2.10 bits per heavy atom. The first-order chi connectivity index (χ1) is 23.0. The molecule has 1 aliphatic heterocycles. The number of nitrogens with two attached hydrogens (primary N) is 1. The van der Waals surface area contributed by atoms with Gasteiger partial charge in [-0.15, -0.1) is 11.3 Å². The number of hydrogen-bond donors (Lipinski definition) is 4. The molecule has 5 amide bonds. The van der Waals surface area contributed by atoms with Crippen LogP contribution in [0.5, 0.6) is 0 Å². The number of nitrogens with one attached hydrogen (secondary N) is 3. The van der Waals surface area contributed by atoms with Gasteiger partial charge in [0, 0.05) is 26.2 Å². The van der Waals surface area contributed by atoms with Crippen LogP contribution >= 0.6 is 11.3 Å². The van der Waals surface area contributed by atoms with Crippen LogP contribution in [0.2, 0.25) is 0 Å². The third kappa shape index (κ3) is 10.5. The van der Waals surface area contributed by atoms with Gasteiger partial charge in [-0.1, -0.05) is 80.7 Å². The predicted octanol–water partition coefficient (Wildman–Crippen LogP) is 3.49. The quantitative estimate of drug-likeness (QED) is 0.198. The average molecular weight is 739 g/mol. The van der Waals surface area contributed by atoms with Crippen molar-refractivity contribution in [3.05, 3.63) is 17.5 Å². The van der Waals surface area contributed by atoms with E-state index in [9.17, 15) is 32.4 Å². The first-order valence-corrected chi connectivity index (χ1v) is 19.9. The van der Waals surface area contributed by atoms with E-state index in [1.54, 1.807) is 11.4 Å². The first-order valence-electron chi connectivity index (χ1n) is 17.5. The third-order valence-electron chi connectivity index (χ3n) is 9.86. The van der Waals surface area contributed by atoms with Crippen molar-refractivity contribution in [1.29, 1.82) is 0 Å². The summed E-state index contributed by atoms with van der Waals surface area (Å²) >= 11 is 1.11. The van der Waals surface area contributed by atoms with Crippen LogP contribution in [0, 0.1) is 28.6 Å². The summed E-state index contributed by atoms with van der Waals surface area (Å²) in [4.78, 5) is 68.3. The van der Waals surface area contributed by atoms with Crippen LogP contribution in [0.15, 0.2) is 21.7 Å². The second-order valence-corrected chi connectivity index (χ2v) is 19.7. The molecule has 1 unspecified atom stereocenters. The molecule has 5 N–H and O–H groups in total. The molecule has 2 heterocycles. The zero-order valence-electron chi connectivity index (χ0n) is 31.1. The van der Waals surface area contributed by atoms with Crippen molar-refractivity contribution in [2.45, 2.75) is 122 Å². The molecule has 282 valence electrons. The maximum atomic E-state index is 14.4. The van der Waals surface area contributed by atoms with Gasteiger partial charge in [0.05, 0.1) is 6.04 Å². The highest BCUT2D eigenvalue weighted by atomic mass is 32.2. The van der Waals surface area contributed by atoms with Gasteiger partial charge in [0.1, 0.15) is 16.3 Å². The number of carbonyl (C=O) groups excluding carboxylic acids is 5. The number of thiophene rings is 1. The molecule has 1 saturated heterocycles. The topological polar surface area (TPSA) is 188 Å². The van der Waals surface area contributed by atoms with Gasteiger partial charge in [0.25, 0.3) is 15.9 Å². The zero-order valence-corrected chi connectivity index (χ0v) is 32.7. The van der Waals surface area contributed by atoms with Crippen LogP contribution in [0.1, 0.15) is 93.9 Å². The van der Waals surface area contributed by atoms with Crippen molar-refractivity contribution in [3.8, 4) is 0 Å². The van der Waals surface area contributed by atoms with Crippen LogP contribution in [0.3, 0.4) is 0 Å². The average Bonchev–Trinajstić information content (AvgIpc) is 3.65. The molecule has 1 saturated carbocycles. The Hall–Kier alpha value is -3.04. The number of likely N-dealkylation sites (tertiary alicyclic amines) is 1. The van der Waals surface area contributed by atoms with E-state index in [2.05, 4.69) is 16.0 Å². The summed E-state index contributed by atoms with van der Waals surface area (Å²) in [6, 6.07) is -1.12. The molecule has 50 heavy (non-hydrogen) atoms. The van der Waals surface area contributed by atoms with E-state index in [0.717, 1.165) is 30.6 Å². The molecule has 1 aromatic rings. The van der Waals surface area contributed by atoms with Gasteiger partial charge >= 0.3 is 6.03 Å². The van der Waals surface area contributed by atoms with Crippen molar-refractivity contribution < 1.29 is 32.4 Å². The Labute approximate surface area is 301 Å². The maximum Gasteiger partial charge on any atom is 0.315 e. The van der Waals surface area contributed by atoms with Crippen LogP contribution in [0.4, 0.5) is 4.79 Å². The number of urea groups is 1. The molecule has 0 aromatic carbocycles. The molecule has 13 nitrogen and oxygen atoms in total. The highest BCUT2D eigenvalue weighted by molar-refractivity contribution is 7.91. The summed E-state index contributed by atoms with van der Waals surface area (Å²) in [5.74, 6) is -2.69. The molecule has 15 heteroatoms. The van der Waals surface area contributed by atoms with Gasteiger partial charge < -0.3 is 26.6 Å². The van der Waals surface area contributed by atoms with Crippen molar-refractivity contribution in [2.75, 3.05) is 20.1 Å². The molecular formula is C35H58N6O7S2. The molecule has 0 spiro atoms. The number of sulfonamides is 1. The highest BCUT2D eigenvalue weighted by Crippen LogP contribution is 2.34. The number of rotatable bonds is 15. The van der Waals surface area contributed by atoms with Crippen LogP contribution in [-0.2, 0) is 29.2 Å². The summed E-state index contributed by atoms with van der Waals surface area (Å²) in [5.41, 5.74) is 4.01. The molecule has 0 radical (unpaired) electrons. The minimum absolute atomic E-state index is 0.0113. The van der Waals surface area contributed by atoms with Crippen LogP contribution in [0.25, 0.3) is 0 Å². The summed E-state index contributed by atoms with van der Waals surface area (Å²) < 4.78 is 27.7. The Balaban J connectivity index is 1.84. The number of hydrogen-bond acceptors (Lipinski definition) is 8. The minimum atomic E-state index is -3.78. The summed E-state index contributed by atoms with van der Waals surface area (Å²) in [6.45, 7) is 15.4. The number of carbonyl (C=O) groups is 5. The summed E-state index contributed by atoms with van der Waals surface area (Å²) in [6.07, 6.45) is 4.35. The predicted molar refractivity (Wildman–Crippen MR) is 193 cm³/mol. The fourth-order valence-corrected chi connectivity index (χ4v) is 9.02. The van der Waals surface area contributed by atoms with Crippen molar-refractivity contribution in [2.24, 2.45) is 34.3 Å². The van der Waals surface area contributed by atoms with Gasteiger partial charge in [0.15, 0.2) is 0 Å². The fourth-order valence-electron chi connectivity index (χ4n) is 6.63. The van der Waals surface area contributed by atoms with Crippen molar-refractivity contribution in [3.63, 3.8) is 0 Å². The zero-order chi connectivity index (χ0) is 37.8. The Bertz CT molecular complexity index is 1480. The first kappa shape index (κ1) is 41.4. The van der Waals surface area contributed by atoms with E-state index in [1.165, 1.54) is 22.3 Å². The maximum absolute atomic E-state index is 14.4. The van der Waals surface area contributed by atoms with E-state index in [0.29, 0.717) is 19.3 Å². The lowest BCUT2D eigenvalue weighted by atomic mass is 9.80. The standard InChI is InChI=1S/C35H58N6O7S2/c1-21(2)18-23-15-16-41(27(23)31(44)37-24(28(42)30(36)43)19-22-12-10-13-22)32(45)29(35(6,7)8)39-33(46)38-25(34(3,4)5)20-40(9)50(47,48)26-14-11-17-49-26/h11,14,17,21-25,27,29H,10,12-13,15-16,18-20H2,1-9H3,(H2,36,43)(H,37,44)(H2,38,39,46)/t23-,24?,25-,27+,29-/m1/s1. The Morgan fingerprint density at radius 1 is 0.980 bits per heavy atom. The molecule has 5 atom stereocenters. The number of primary amides is 1. The lowest BCUT2D eigenvalue weighted by molar-refractivity contribution is -0.144. The molecule has 0 bridgehead atoms. The smallest absolute Gasteiger partial charge is 0.315 e. The lowest BCUT2D eigenvalue weighted by Gasteiger charge is -2.38. The minimum Gasteiger partial charge on any atom is -0.363 e. The van der Waals surface area contributed by atoms with Crippen LogP contribution < -0.4 is 21.7 Å². The van der Waals surface area contributed by atoms with Gasteiger partial charge in [-0.3, -0.25) is 19.2 Å². The Morgan fingerprint density at radius 2 is 1.62 bits per heavy atom. The van der Waals surface area contributed by atoms with E-state index in [-0.39, 0.29) is 35.1 Å². The van der Waals surface area contributed by atoms with E-state index >= 15 is 0 Å². The summed E-state index contributed by atoms with van der Waals surface area (Å²) in [7, 11) is -2.31. The fraction of sp³-hybridized carbons (Fsp3) is 0.743. The number of nitrogens with zero attached hydrogens (tertiary/aromatic N) is 2. The molecule has 2 fully saturated rings. The second kappa shape index (κ2) is 16.5. The van der Waals surface area contributed by atoms with Gasteiger partial charge in [-0.05, 0) is 59.3 Å². The number of Topliss-reactive ketones (excluding diaryl/α,β-unsaturated/α-hetero) is 1. The van der Waals surface area contributed by atoms with Crippen molar-refractivity contribution >= 4 is 50.9 Å². The number of amides is 5. The second-order valence-electron chi connectivity index (χ2n) is 16.5. The number of likely N-dealkylation sites (N-methyl/N-ethyl adjacent to an activating group) is 1. The normalized spacial score (nSPS) is 20.6. The molecule has 2 aliphatic rings. The lowest BCUT2D eigenvalue weighted by Crippen LogP contribution is -2.62. The molecule has 3 rings (SSSR count). The van der Waals surface area contributed by atoms with Gasteiger partial charge in [-0.25, -0.2) is 13.2 Å². The van der Waals surface area contributed by atoms with Crippen LogP contribution in [-0.4, -0.2) is 91.5 Å². The molecule has 1 aromatic heterocycles. The highest BCUT2D eigenvalue weighted by Gasteiger charge is 2.47. The Kier molecular flexibility index (Phi) is 13.7. The SMILES string of the molecule is CC(C)C[C@H]1CCN(C(=O)[C@@H](NC(=O)N[C@H](CN(C)S(=O)(=O)c2cccs2)C(C)(C)C)C(C)(C)C)[C@@H]1C(=O)NC(CC1CCC1)C(=O)C(N)=O. The van der Waals surface area contributed by atoms with Crippen molar-refractivity contribution in [1.82, 2.24) is 25.2 Å². The van der Waals surface area contributed by atoms with E-state index < -0.39 is 74.6 Å². The summed E-state index contributed by atoms with van der Waals surface area (Å²) in [5, 5.41) is 10.2.